The Bertz CT molecular complexity index is 1060. The number of benzene rings is 1. The quantitative estimate of drug-likeness (QED) is 0.624. The van der Waals surface area contributed by atoms with E-state index < -0.39 is 28.3 Å². The average molecular weight is 433 g/mol. The van der Waals surface area contributed by atoms with E-state index in [0.717, 1.165) is 29.6 Å². The van der Waals surface area contributed by atoms with Gasteiger partial charge in [0.15, 0.2) is 16.4 Å². The standard InChI is InChI=1S/C22H28N2O5S/c1-4-8-18-16(5-2)21(17-9-6-7-10-19(17)23-18)22(26)29-13-20(25)24(3)15-11-12-30(27,28)14-15/h6-7,9-10,15H,4-5,8,11-14H2,1-3H3/t15-/m0/s1. The highest BCUT2D eigenvalue weighted by Crippen LogP contribution is 2.26. The van der Waals surface area contributed by atoms with E-state index in [4.69, 9.17) is 9.72 Å². The maximum atomic E-state index is 13.0. The summed E-state index contributed by atoms with van der Waals surface area (Å²) in [4.78, 5) is 31.6. The fourth-order valence-corrected chi connectivity index (χ4v) is 5.72. The molecule has 1 aliphatic rings. The Hall–Kier alpha value is -2.48. The molecule has 0 aliphatic carbocycles. The number of amides is 1. The molecule has 0 saturated carbocycles. The van der Waals surface area contributed by atoms with Gasteiger partial charge in [0.05, 0.1) is 22.6 Å². The van der Waals surface area contributed by atoms with E-state index in [1.54, 1.807) is 7.05 Å². The third kappa shape index (κ3) is 4.64. The van der Waals surface area contributed by atoms with Gasteiger partial charge in [-0.15, -0.1) is 0 Å². The predicted molar refractivity (Wildman–Crippen MR) is 115 cm³/mol. The van der Waals surface area contributed by atoms with Crippen LogP contribution in [0.3, 0.4) is 0 Å². The maximum Gasteiger partial charge on any atom is 0.339 e. The molecule has 8 heteroatoms. The van der Waals surface area contributed by atoms with Crippen molar-refractivity contribution in [1.29, 1.82) is 0 Å². The summed E-state index contributed by atoms with van der Waals surface area (Å²) in [5.74, 6) is -0.921. The second kappa shape index (κ2) is 9.12. The molecule has 7 nitrogen and oxygen atoms in total. The molecular formula is C22H28N2O5S. The van der Waals surface area contributed by atoms with Crippen LogP contribution < -0.4 is 0 Å². The van der Waals surface area contributed by atoms with Crippen molar-refractivity contribution in [1.82, 2.24) is 9.88 Å². The average Bonchev–Trinajstić information content (AvgIpc) is 3.10. The van der Waals surface area contributed by atoms with Crippen LogP contribution in [0.1, 0.15) is 48.3 Å². The Morgan fingerprint density at radius 3 is 2.60 bits per heavy atom. The van der Waals surface area contributed by atoms with E-state index in [9.17, 15) is 18.0 Å². The Balaban J connectivity index is 1.82. The number of para-hydroxylation sites is 1. The van der Waals surface area contributed by atoms with E-state index in [-0.39, 0.29) is 17.5 Å². The van der Waals surface area contributed by atoms with Crippen molar-refractivity contribution < 1.29 is 22.7 Å². The molecule has 0 spiro atoms. The van der Waals surface area contributed by atoms with Crippen molar-refractivity contribution in [2.45, 2.75) is 45.6 Å². The van der Waals surface area contributed by atoms with Crippen molar-refractivity contribution in [2.75, 3.05) is 25.2 Å². The van der Waals surface area contributed by atoms with Gasteiger partial charge in [-0.2, -0.15) is 0 Å². The molecule has 1 aromatic carbocycles. The zero-order chi connectivity index (χ0) is 21.9. The van der Waals surface area contributed by atoms with Crippen LogP contribution in [-0.2, 0) is 32.2 Å². The van der Waals surface area contributed by atoms with E-state index in [1.165, 1.54) is 4.90 Å². The number of carbonyl (C=O) groups is 2. The molecule has 1 saturated heterocycles. The summed E-state index contributed by atoms with van der Waals surface area (Å²) < 4.78 is 28.7. The Morgan fingerprint density at radius 1 is 1.23 bits per heavy atom. The lowest BCUT2D eigenvalue weighted by Gasteiger charge is -2.23. The lowest BCUT2D eigenvalue weighted by Crippen LogP contribution is -2.40. The van der Waals surface area contributed by atoms with Crippen LogP contribution >= 0.6 is 0 Å². The molecule has 0 bridgehead atoms. The number of aromatic nitrogens is 1. The third-order valence-electron chi connectivity index (χ3n) is 5.60. The lowest BCUT2D eigenvalue weighted by molar-refractivity contribution is -0.134. The van der Waals surface area contributed by atoms with Gasteiger partial charge in [-0.25, -0.2) is 13.2 Å². The van der Waals surface area contributed by atoms with Crippen LogP contribution in [-0.4, -0.2) is 61.4 Å². The second-order valence-electron chi connectivity index (χ2n) is 7.67. The summed E-state index contributed by atoms with van der Waals surface area (Å²) in [6.07, 6.45) is 2.70. The Labute approximate surface area is 177 Å². The van der Waals surface area contributed by atoms with Gasteiger partial charge in [0.25, 0.3) is 5.91 Å². The van der Waals surface area contributed by atoms with E-state index in [1.807, 2.05) is 31.2 Å². The molecule has 3 rings (SSSR count). The number of carbonyl (C=O) groups excluding carboxylic acids is 2. The lowest BCUT2D eigenvalue weighted by atomic mass is 9.96. The summed E-state index contributed by atoms with van der Waals surface area (Å²) >= 11 is 0. The van der Waals surface area contributed by atoms with E-state index in [0.29, 0.717) is 23.8 Å². The van der Waals surface area contributed by atoms with Gasteiger partial charge in [0.1, 0.15) is 0 Å². The minimum atomic E-state index is -3.10. The summed E-state index contributed by atoms with van der Waals surface area (Å²) in [5.41, 5.74) is 2.92. The molecule has 0 N–H and O–H groups in total. The fourth-order valence-electron chi connectivity index (χ4n) is 3.95. The molecule has 1 aliphatic heterocycles. The van der Waals surface area contributed by atoms with Crippen LogP contribution in [0.2, 0.25) is 0 Å². The van der Waals surface area contributed by atoms with Crippen LogP contribution in [0.25, 0.3) is 10.9 Å². The topological polar surface area (TPSA) is 93.6 Å². The summed E-state index contributed by atoms with van der Waals surface area (Å²) in [5, 5.41) is 0.710. The molecule has 1 aromatic heterocycles. The minimum absolute atomic E-state index is 0.0431. The first-order chi connectivity index (χ1) is 14.3. The number of hydrogen-bond acceptors (Lipinski definition) is 6. The number of aryl methyl sites for hydroxylation is 1. The third-order valence-corrected chi connectivity index (χ3v) is 7.35. The number of nitrogens with zero attached hydrogens (tertiary/aromatic N) is 2. The first-order valence-corrected chi connectivity index (χ1v) is 12.1. The van der Waals surface area contributed by atoms with Crippen molar-refractivity contribution in [2.24, 2.45) is 0 Å². The first kappa shape index (κ1) is 22.2. The molecule has 0 radical (unpaired) electrons. The number of fused-ring (bicyclic) bond motifs is 1. The van der Waals surface area contributed by atoms with Crippen LogP contribution in [0.4, 0.5) is 0 Å². The van der Waals surface area contributed by atoms with E-state index >= 15 is 0 Å². The monoisotopic (exact) mass is 432 g/mol. The Morgan fingerprint density at radius 2 is 1.97 bits per heavy atom. The van der Waals surface area contributed by atoms with Crippen LogP contribution in [0, 0.1) is 0 Å². The zero-order valence-electron chi connectivity index (χ0n) is 17.7. The minimum Gasteiger partial charge on any atom is -0.452 e. The fraction of sp³-hybridized carbons (Fsp3) is 0.500. The zero-order valence-corrected chi connectivity index (χ0v) is 18.5. The first-order valence-electron chi connectivity index (χ1n) is 10.3. The SMILES string of the molecule is CCCc1nc2ccccc2c(C(=O)OCC(=O)N(C)[C@H]2CCS(=O)(=O)C2)c1CC. The molecule has 2 aromatic rings. The van der Waals surface area contributed by atoms with Crippen LogP contribution in [0.15, 0.2) is 24.3 Å². The van der Waals surface area contributed by atoms with E-state index in [2.05, 4.69) is 6.92 Å². The number of likely N-dealkylation sites (N-methyl/N-ethyl adjacent to an activating group) is 1. The number of rotatable bonds is 7. The van der Waals surface area contributed by atoms with Gasteiger partial charge in [0, 0.05) is 24.2 Å². The summed E-state index contributed by atoms with van der Waals surface area (Å²) in [6.45, 7) is 3.61. The van der Waals surface area contributed by atoms with Crippen molar-refractivity contribution in [3.8, 4) is 0 Å². The van der Waals surface area contributed by atoms with Crippen LogP contribution in [0.5, 0.6) is 0 Å². The maximum absolute atomic E-state index is 13.0. The van der Waals surface area contributed by atoms with Gasteiger partial charge < -0.3 is 9.64 Å². The largest absolute Gasteiger partial charge is 0.452 e. The molecule has 1 fully saturated rings. The number of ether oxygens (including phenoxy) is 1. The predicted octanol–water partition coefficient (Wildman–Crippen LogP) is 2.55. The number of hydrogen-bond donors (Lipinski definition) is 0. The number of sulfone groups is 1. The van der Waals surface area contributed by atoms with Gasteiger partial charge >= 0.3 is 5.97 Å². The molecule has 2 heterocycles. The molecule has 162 valence electrons. The van der Waals surface area contributed by atoms with Gasteiger partial charge in [-0.1, -0.05) is 38.5 Å². The Kier molecular flexibility index (Phi) is 6.75. The normalized spacial score (nSPS) is 17.8. The summed E-state index contributed by atoms with van der Waals surface area (Å²) in [6, 6.07) is 7.05. The van der Waals surface area contributed by atoms with Crippen molar-refractivity contribution in [3.63, 3.8) is 0 Å². The molecule has 1 amide bonds. The van der Waals surface area contributed by atoms with Crippen molar-refractivity contribution >= 4 is 32.6 Å². The summed E-state index contributed by atoms with van der Waals surface area (Å²) in [7, 11) is -1.54. The highest BCUT2D eigenvalue weighted by atomic mass is 32.2. The van der Waals surface area contributed by atoms with Gasteiger partial charge in [0.2, 0.25) is 0 Å². The molecular weight excluding hydrogens is 404 g/mol. The molecule has 0 unspecified atom stereocenters. The van der Waals surface area contributed by atoms with Gasteiger partial charge in [-0.3, -0.25) is 9.78 Å². The van der Waals surface area contributed by atoms with Crippen molar-refractivity contribution in [3.05, 3.63) is 41.1 Å². The highest BCUT2D eigenvalue weighted by Gasteiger charge is 2.33. The second-order valence-corrected chi connectivity index (χ2v) is 9.90. The van der Waals surface area contributed by atoms with Gasteiger partial charge in [-0.05, 0) is 30.9 Å². The highest BCUT2D eigenvalue weighted by molar-refractivity contribution is 7.91. The number of pyridine rings is 1. The number of esters is 1. The smallest absolute Gasteiger partial charge is 0.339 e. The molecule has 30 heavy (non-hydrogen) atoms. The molecule has 1 atom stereocenters.